The Hall–Kier alpha value is -1.16. The van der Waals surface area contributed by atoms with Gasteiger partial charge < -0.3 is 10.2 Å². The van der Waals surface area contributed by atoms with Crippen LogP contribution in [0, 0.1) is 0 Å². The van der Waals surface area contributed by atoms with E-state index in [-0.39, 0.29) is 5.57 Å². The highest BCUT2D eigenvalue weighted by molar-refractivity contribution is 6.18. The molecule has 0 spiro atoms. The molecule has 0 saturated heterocycles. The van der Waals surface area contributed by atoms with E-state index in [2.05, 4.69) is 0 Å². The van der Waals surface area contributed by atoms with E-state index in [4.69, 9.17) is 10.2 Å². The molecule has 0 amide bonds. The number of aliphatic hydroxyl groups excluding tert-OH is 2. The number of allylic oxidation sites excluding steroid dienone is 1. The summed E-state index contributed by atoms with van der Waals surface area (Å²) in [6.45, 7) is 1.62. The predicted molar refractivity (Wildman–Crippen MR) is 38.1 cm³/mol. The Kier molecular flexibility index (Phi) is 3.47. The monoisotopic (exact) mass is 158 g/mol. The second-order valence-corrected chi connectivity index (χ2v) is 2.09. The van der Waals surface area contributed by atoms with Gasteiger partial charge in [-0.05, 0) is 13.8 Å². The summed E-state index contributed by atoms with van der Waals surface area (Å²) in [5.74, 6) is -1.64. The van der Waals surface area contributed by atoms with Gasteiger partial charge in [0.05, 0.1) is 5.57 Å². The Labute approximate surface area is 64.2 Å². The Balaban J connectivity index is 4.88. The first-order valence-corrected chi connectivity index (χ1v) is 3.05. The Morgan fingerprint density at radius 3 is 1.64 bits per heavy atom. The van der Waals surface area contributed by atoms with E-state index >= 15 is 0 Å². The molecular formula is C7H10O4. The van der Waals surface area contributed by atoms with Gasteiger partial charge >= 0.3 is 0 Å². The predicted octanol–water partition coefficient (Wildman–Crippen LogP) is -0.0312. The van der Waals surface area contributed by atoms with Gasteiger partial charge in [-0.15, -0.1) is 0 Å². The maximum atomic E-state index is 10.6. The summed E-state index contributed by atoms with van der Waals surface area (Å²) in [6.07, 6.45) is 0. The second kappa shape index (κ2) is 3.88. The van der Waals surface area contributed by atoms with Gasteiger partial charge in [0.15, 0.2) is 11.6 Å². The van der Waals surface area contributed by atoms with Gasteiger partial charge in [0.2, 0.25) is 0 Å². The van der Waals surface area contributed by atoms with Crippen LogP contribution < -0.4 is 0 Å². The molecule has 0 aliphatic heterocycles. The number of carbonyl (C=O) groups excluding carboxylic acids is 2. The van der Waals surface area contributed by atoms with Crippen LogP contribution in [0.1, 0.15) is 13.8 Å². The first-order valence-electron chi connectivity index (χ1n) is 3.05. The van der Waals surface area contributed by atoms with Crippen LogP contribution in [0.5, 0.6) is 0 Å². The molecule has 0 heterocycles. The van der Waals surface area contributed by atoms with E-state index in [1.165, 1.54) is 0 Å². The van der Waals surface area contributed by atoms with E-state index in [1.54, 1.807) is 0 Å². The van der Waals surface area contributed by atoms with Crippen LogP contribution in [-0.2, 0) is 9.59 Å². The number of ketones is 2. The van der Waals surface area contributed by atoms with Crippen molar-refractivity contribution >= 4 is 11.6 Å². The normalized spacial score (nSPS) is 9.00. The maximum absolute atomic E-state index is 10.6. The average Bonchev–Trinajstić information content (AvgIpc) is 1.85. The van der Waals surface area contributed by atoms with Crippen molar-refractivity contribution in [1.82, 2.24) is 0 Å². The molecule has 11 heavy (non-hydrogen) atoms. The van der Waals surface area contributed by atoms with E-state index < -0.39 is 23.9 Å². The van der Waals surface area contributed by atoms with Gasteiger partial charge in [-0.3, -0.25) is 9.59 Å². The van der Waals surface area contributed by atoms with Crippen LogP contribution in [-0.4, -0.2) is 28.4 Å². The van der Waals surface area contributed by atoms with Gasteiger partial charge in [0, 0.05) is 0 Å². The van der Waals surface area contributed by atoms with Crippen molar-refractivity contribution in [3.8, 4) is 0 Å². The van der Waals surface area contributed by atoms with Gasteiger partial charge in [0.25, 0.3) is 0 Å². The molecule has 0 atom stereocenters. The zero-order valence-corrected chi connectivity index (χ0v) is 6.42. The largest absolute Gasteiger partial charge is 0.509 e. The minimum atomic E-state index is -0.686. The third-order valence-electron chi connectivity index (χ3n) is 1.14. The van der Waals surface area contributed by atoms with Gasteiger partial charge in [-0.25, -0.2) is 0 Å². The van der Waals surface area contributed by atoms with Crippen LogP contribution in [0.4, 0.5) is 0 Å². The third-order valence-corrected chi connectivity index (χ3v) is 1.14. The molecule has 4 heteroatoms. The molecule has 0 saturated carbocycles. The van der Waals surface area contributed by atoms with Gasteiger partial charge in [-0.1, -0.05) is 0 Å². The zero-order valence-electron chi connectivity index (χ0n) is 6.42. The molecule has 0 aromatic carbocycles. The molecule has 0 fully saturated rings. The van der Waals surface area contributed by atoms with Crippen molar-refractivity contribution < 1.29 is 19.8 Å². The highest BCUT2D eigenvalue weighted by Gasteiger charge is 2.14. The van der Waals surface area contributed by atoms with Crippen molar-refractivity contribution in [1.29, 1.82) is 0 Å². The number of aliphatic hydroxyl groups is 2. The quantitative estimate of drug-likeness (QED) is 0.262. The van der Waals surface area contributed by atoms with Crippen molar-refractivity contribution in [3.63, 3.8) is 0 Å². The topological polar surface area (TPSA) is 74.6 Å². The molecule has 0 radical (unpaired) electrons. The lowest BCUT2D eigenvalue weighted by Crippen LogP contribution is -2.11. The molecule has 0 aromatic heterocycles. The molecule has 0 rings (SSSR count). The molecule has 0 aromatic rings. The lowest BCUT2D eigenvalue weighted by atomic mass is 10.1. The lowest BCUT2D eigenvalue weighted by molar-refractivity contribution is -0.119. The van der Waals surface area contributed by atoms with E-state index in [9.17, 15) is 9.59 Å². The number of rotatable bonds is 3. The van der Waals surface area contributed by atoms with Crippen LogP contribution in [0.2, 0.25) is 0 Å². The molecule has 62 valence electrons. The van der Waals surface area contributed by atoms with Crippen molar-refractivity contribution in [3.05, 3.63) is 11.3 Å². The standard InChI is InChI=1S/C7H10O4/c1-4(9)7(5(2)10)6(11)3-8/h8,11H,3H2,1-2H3. The summed E-state index contributed by atoms with van der Waals surface area (Å²) < 4.78 is 0. The fourth-order valence-electron chi connectivity index (χ4n) is 0.733. The summed E-state index contributed by atoms with van der Waals surface area (Å²) in [5.41, 5.74) is -0.326. The van der Waals surface area contributed by atoms with Gasteiger partial charge in [0.1, 0.15) is 12.4 Å². The molecule has 4 nitrogen and oxygen atoms in total. The van der Waals surface area contributed by atoms with Crippen LogP contribution in [0.3, 0.4) is 0 Å². The van der Waals surface area contributed by atoms with Crippen molar-refractivity contribution in [2.75, 3.05) is 6.61 Å². The Morgan fingerprint density at radius 2 is 1.55 bits per heavy atom. The lowest BCUT2D eigenvalue weighted by Gasteiger charge is -2.00. The zero-order chi connectivity index (χ0) is 9.02. The van der Waals surface area contributed by atoms with Crippen molar-refractivity contribution in [2.45, 2.75) is 13.8 Å². The fourth-order valence-corrected chi connectivity index (χ4v) is 0.733. The summed E-state index contributed by atoms with van der Waals surface area (Å²) >= 11 is 0. The van der Waals surface area contributed by atoms with Crippen LogP contribution in [0.25, 0.3) is 0 Å². The smallest absolute Gasteiger partial charge is 0.166 e. The Bertz CT molecular complexity index is 198. The molecule has 0 unspecified atom stereocenters. The highest BCUT2D eigenvalue weighted by atomic mass is 16.3. The van der Waals surface area contributed by atoms with Gasteiger partial charge in [-0.2, -0.15) is 0 Å². The first kappa shape index (κ1) is 9.84. The molecule has 0 bridgehead atoms. The number of hydrogen-bond donors (Lipinski definition) is 2. The fraction of sp³-hybridized carbons (Fsp3) is 0.429. The average molecular weight is 158 g/mol. The molecule has 2 N–H and O–H groups in total. The summed E-state index contributed by atoms with van der Waals surface area (Å²) in [6, 6.07) is 0. The van der Waals surface area contributed by atoms with E-state index in [0.29, 0.717) is 0 Å². The summed E-state index contributed by atoms with van der Waals surface area (Å²) in [5, 5.41) is 17.2. The van der Waals surface area contributed by atoms with E-state index in [1.807, 2.05) is 0 Å². The first-order chi connectivity index (χ1) is 5.00. The maximum Gasteiger partial charge on any atom is 0.166 e. The van der Waals surface area contributed by atoms with Crippen LogP contribution in [0.15, 0.2) is 11.3 Å². The highest BCUT2D eigenvalue weighted by Crippen LogP contribution is 2.03. The molecule has 0 aliphatic carbocycles. The SMILES string of the molecule is CC(=O)C(C(C)=O)=C(O)CO. The van der Waals surface area contributed by atoms with Crippen molar-refractivity contribution in [2.24, 2.45) is 0 Å². The second-order valence-electron chi connectivity index (χ2n) is 2.09. The van der Waals surface area contributed by atoms with E-state index in [0.717, 1.165) is 13.8 Å². The minimum Gasteiger partial charge on any atom is -0.509 e. The minimum absolute atomic E-state index is 0.326. The summed E-state index contributed by atoms with van der Waals surface area (Å²) in [4.78, 5) is 21.3. The number of Topliss-reactive ketones (excluding diaryl/α,β-unsaturated/α-hetero) is 2. The number of carbonyl (C=O) groups is 2. The molecule has 0 aliphatic rings. The Morgan fingerprint density at radius 1 is 1.18 bits per heavy atom. The van der Waals surface area contributed by atoms with Crippen LogP contribution >= 0.6 is 0 Å². The number of hydrogen-bond acceptors (Lipinski definition) is 4. The summed E-state index contributed by atoms with van der Waals surface area (Å²) in [7, 11) is 0. The third kappa shape index (κ3) is 2.51. The molecular weight excluding hydrogens is 148 g/mol.